The summed E-state index contributed by atoms with van der Waals surface area (Å²) in [4.78, 5) is 24.1. The maximum Gasteiger partial charge on any atom is 0.253 e. The predicted octanol–water partition coefficient (Wildman–Crippen LogP) is 2.42. The summed E-state index contributed by atoms with van der Waals surface area (Å²) in [5.41, 5.74) is 3.78. The molecule has 1 spiro atoms. The third kappa shape index (κ3) is 2.79. The van der Waals surface area contributed by atoms with Crippen LogP contribution in [0, 0.1) is 6.92 Å². The summed E-state index contributed by atoms with van der Waals surface area (Å²) in [6.45, 7) is 5.20. The topological polar surface area (TPSA) is 64.6 Å². The van der Waals surface area contributed by atoms with Crippen LogP contribution in [0.15, 0.2) is 24.4 Å². The first kappa shape index (κ1) is 16.7. The molecule has 1 fully saturated rings. The van der Waals surface area contributed by atoms with Crippen molar-refractivity contribution in [3.05, 3.63) is 52.6 Å². The molecular formula is C21H23N3O3. The zero-order valence-corrected chi connectivity index (χ0v) is 15.5. The van der Waals surface area contributed by atoms with Gasteiger partial charge in [-0.3, -0.25) is 4.79 Å². The minimum atomic E-state index is -0.214. The Balaban J connectivity index is 1.42. The zero-order valence-electron chi connectivity index (χ0n) is 15.5. The minimum absolute atomic E-state index is 0.0816. The lowest BCUT2D eigenvalue weighted by molar-refractivity contribution is 0.0483. The van der Waals surface area contributed by atoms with E-state index in [1.807, 2.05) is 36.2 Å². The van der Waals surface area contributed by atoms with Crippen LogP contribution >= 0.6 is 0 Å². The maximum absolute atomic E-state index is 13.1. The molecule has 1 aromatic heterocycles. The number of aromatic nitrogens is 2. The Morgan fingerprint density at radius 2 is 2.22 bits per heavy atom. The average molecular weight is 365 g/mol. The Hall–Kier alpha value is -2.47. The van der Waals surface area contributed by atoms with Gasteiger partial charge >= 0.3 is 0 Å². The lowest BCUT2D eigenvalue weighted by Crippen LogP contribution is -2.41. The summed E-state index contributed by atoms with van der Waals surface area (Å²) in [6.07, 6.45) is 4.71. The molecule has 5 rings (SSSR count). The number of carbonyl (C=O) groups excluding carboxylic acids is 1. The van der Waals surface area contributed by atoms with Gasteiger partial charge < -0.3 is 14.4 Å². The highest BCUT2D eigenvalue weighted by molar-refractivity contribution is 5.95. The summed E-state index contributed by atoms with van der Waals surface area (Å²) in [5, 5.41) is 0. The molecule has 140 valence electrons. The fourth-order valence-electron chi connectivity index (χ4n) is 4.52. The van der Waals surface area contributed by atoms with Crippen LogP contribution in [0.3, 0.4) is 0 Å². The van der Waals surface area contributed by atoms with E-state index >= 15 is 0 Å². The van der Waals surface area contributed by atoms with Gasteiger partial charge in [0, 0.05) is 30.4 Å². The van der Waals surface area contributed by atoms with E-state index in [4.69, 9.17) is 14.5 Å². The van der Waals surface area contributed by atoms with E-state index in [0.29, 0.717) is 19.8 Å². The van der Waals surface area contributed by atoms with Crippen LogP contribution in [0.2, 0.25) is 0 Å². The number of hydrogen-bond donors (Lipinski definition) is 0. The Morgan fingerprint density at radius 3 is 3.15 bits per heavy atom. The van der Waals surface area contributed by atoms with Crippen molar-refractivity contribution in [3.8, 4) is 5.75 Å². The van der Waals surface area contributed by atoms with Crippen molar-refractivity contribution in [2.45, 2.75) is 38.2 Å². The van der Waals surface area contributed by atoms with E-state index < -0.39 is 0 Å². The summed E-state index contributed by atoms with van der Waals surface area (Å²) in [7, 11) is 0. The van der Waals surface area contributed by atoms with E-state index in [1.54, 1.807) is 0 Å². The van der Waals surface area contributed by atoms with E-state index in [2.05, 4.69) is 4.98 Å². The second-order valence-corrected chi connectivity index (χ2v) is 7.82. The van der Waals surface area contributed by atoms with E-state index in [0.717, 1.165) is 66.4 Å². The van der Waals surface area contributed by atoms with Crippen LogP contribution in [0.1, 0.15) is 45.8 Å². The van der Waals surface area contributed by atoms with Crippen LogP contribution in [0.4, 0.5) is 0 Å². The number of amides is 1. The molecule has 4 heterocycles. The van der Waals surface area contributed by atoms with Gasteiger partial charge in [-0.15, -0.1) is 0 Å². The van der Waals surface area contributed by atoms with E-state index in [1.165, 1.54) is 0 Å². The molecule has 0 bridgehead atoms. The second kappa shape index (κ2) is 6.30. The highest BCUT2D eigenvalue weighted by Gasteiger charge is 2.46. The molecule has 0 radical (unpaired) electrons. The van der Waals surface area contributed by atoms with Gasteiger partial charge in [-0.2, -0.15) is 0 Å². The molecule has 1 saturated heterocycles. The van der Waals surface area contributed by atoms with Crippen molar-refractivity contribution in [1.82, 2.24) is 14.9 Å². The van der Waals surface area contributed by atoms with Crippen LogP contribution in [-0.2, 0) is 23.2 Å². The first-order valence-corrected chi connectivity index (χ1v) is 9.60. The van der Waals surface area contributed by atoms with Gasteiger partial charge in [0.1, 0.15) is 11.6 Å². The van der Waals surface area contributed by atoms with Crippen molar-refractivity contribution in [2.24, 2.45) is 0 Å². The molecule has 0 aliphatic carbocycles. The normalized spacial score (nSPS) is 23.7. The summed E-state index contributed by atoms with van der Waals surface area (Å²) in [5.74, 6) is 1.77. The number of likely N-dealkylation sites (tertiary alicyclic amines) is 1. The molecule has 0 saturated carbocycles. The lowest BCUT2D eigenvalue weighted by atomic mass is 9.80. The van der Waals surface area contributed by atoms with Gasteiger partial charge in [-0.05, 0) is 49.9 Å². The van der Waals surface area contributed by atoms with Crippen molar-refractivity contribution in [1.29, 1.82) is 0 Å². The fraction of sp³-hybridized carbons (Fsp3) is 0.476. The molecule has 2 aromatic rings. The van der Waals surface area contributed by atoms with Crippen LogP contribution in [0.25, 0.3) is 0 Å². The first-order valence-electron chi connectivity index (χ1n) is 9.60. The van der Waals surface area contributed by atoms with Gasteiger partial charge in [-0.25, -0.2) is 9.97 Å². The quantitative estimate of drug-likeness (QED) is 0.777. The maximum atomic E-state index is 13.1. The lowest BCUT2D eigenvalue weighted by Gasteiger charge is -2.34. The van der Waals surface area contributed by atoms with Gasteiger partial charge in [-0.1, -0.05) is 0 Å². The number of benzene rings is 1. The van der Waals surface area contributed by atoms with Crippen molar-refractivity contribution < 1.29 is 14.3 Å². The average Bonchev–Trinajstić information content (AvgIpc) is 3.12. The minimum Gasteiger partial charge on any atom is -0.493 e. The smallest absolute Gasteiger partial charge is 0.253 e. The molecule has 3 aliphatic rings. The fourth-order valence-corrected chi connectivity index (χ4v) is 4.52. The number of ether oxygens (including phenoxy) is 2. The molecule has 3 aliphatic heterocycles. The number of nitrogens with zero attached hydrogens (tertiary/aromatic N) is 3. The molecule has 1 atom stereocenters. The zero-order chi connectivity index (χ0) is 18.4. The number of carbonyl (C=O) groups is 1. The van der Waals surface area contributed by atoms with Crippen LogP contribution in [0.5, 0.6) is 5.75 Å². The molecular weight excluding hydrogens is 342 g/mol. The molecule has 6 nitrogen and oxygen atoms in total. The van der Waals surface area contributed by atoms with Crippen LogP contribution in [-0.4, -0.2) is 47.1 Å². The Bertz CT molecular complexity index is 914. The Morgan fingerprint density at radius 1 is 1.30 bits per heavy atom. The summed E-state index contributed by atoms with van der Waals surface area (Å²) < 4.78 is 11.5. The van der Waals surface area contributed by atoms with E-state index in [9.17, 15) is 4.79 Å². The van der Waals surface area contributed by atoms with Crippen molar-refractivity contribution >= 4 is 5.91 Å². The summed E-state index contributed by atoms with van der Waals surface area (Å²) >= 11 is 0. The van der Waals surface area contributed by atoms with Crippen molar-refractivity contribution in [3.63, 3.8) is 0 Å². The molecule has 6 heteroatoms. The van der Waals surface area contributed by atoms with Gasteiger partial charge in [0.15, 0.2) is 0 Å². The molecule has 1 aromatic carbocycles. The number of aryl methyl sites for hydroxylation is 2. The Kier molecular flexibility index (Phi) is 3.90. The molecule has 27 heavy (non-hydrogen) atoms. The summed E-state index contributed by atoms with van der Waals surface area (Å²) in [6, 6.07) is 5.82. The molecule has 1 unspecified atom stereocenters. The molecule has 0 N–H and O–H groups in total. The SMILES string of the molecule is Cc1ncc2c(n1)C1(CCN(C(=O)c3ccc4c(c3)CCCO4)C1)COC2. The predicted molar refractivity (Wildman–Crippen MR) is 98.9 cm³/mol. The van der Waals surface area contributed by atoms with Gasteiger partial charge in [0.05, 0.1) is 30.9 Å². The largest absolute Gasteiger partial charge is 0.493 e. The second-order valence-electron chi connectivity index (χ2n) is 7.82. The number of rotatable bonds is 1. The third-order valence-electron chi connectivity index (χ3n) is 5.92. The monoisotopic (exact) mass is 365 g/mol. The van der Waals surface area contributed by atoms with Gasteiger partial charge in [0.2, 0.25) is 0 Å². The number of hydrogen-bond acceptors (Lipinski definition) is 5. The molecule has 1 amide bonds. The highest BCUT2D eigenvalue weighted by Crippen LogP contribution is 2.39. The van der Waals surface area contributed by atoms with Crippen molar-refractivity contribution in [2.75, 3.05) is 26.3 Å². The standard InChI is InChI=1S/C21H23N3O3/c1-14-22-10-17-11-26-13-21(19(17)23-14)6-7-24(12-21)20(25)16-4-5-18-15(9-16)3-2-8-27-18/h4-5,9-10H,2-3,6-8,11-13H2,1H3. The van der Waals surface area contributed by atoms with Gasteiger partial charge in [0.25, 0.3) is 5.91 Å². The van der Waals surface area contributed by atoms with E-state index in [-0.39, 0.29) is 11.3 Å². The Labute approximate surface area is 158 Å². The first-order chi connectivity index (χ1) is 13.1. The van der Waals surface area contributed by atoms with Crippen LogP contribution < -0.4 is 4.74 Å². The third-order valence-corrected chi connectivity index (χ3v) is 5.92. The number of fused-ring (bicyclic) bond motifs is 3. The highest BCUT2D eigenvalue weighted by atomic mass is 16.5.